The minimum absolute atomic E-state index is 0.0546. The van der Waals surface area contributed by atoms with Crippen LogP contribution in [0.5, 0.6) is 0 Å². The van der Waals surface area contributed by atoms with E-state index in [1.165, 1.54) is 7.11 Å². The van der Waals surface area contributed by atoms with Gasteiger partial charge < -0.3 is 10.1 Å². The molecule has 1 amide bonds. The number of halogens is 1. The zero-order valence-corrected chi connectivity index (χ0v) is 14.1. The Morgan fingerprint density at radius 1 is 1.33 bits per heavy atom. The molecule has 1 aromatic carbocycles. The fraction of sp³-hybridized carbons (Fsp3) is 0.467. The molecule has 1 unspecified atom stereocenters. The molecule has 0 fully saturated rings. The largest absolute Gasteiger partial charge is 0.468 e. The maximum atomic E-state index is 11.9. The number of rotatable bonds is 7. The summed E-state index contributed by atoms with van der Waals surface area (Å²) in [6.07, 6.45) is 0.622. The van der Waals surface area contributed by atoms with Crippen molar-refractivity contribution in [2.24, 2.45) is 5.92 Å². The Hall–Kier alpha value is -1.40. The topological polar surface area (TPSA) is 67.4 Å². The molecule has 0 aromatic heterocycles. The number of nitrogens with one attached hydrogen (secondary N) is 2. The van der Waals surface area contributed by atoms with E-state index in [2.05, 4.69) is 26.6 Å². The lowest BCUT2D eigenvalue weighted by Crippen LogP contribution is -2.42. The number of amides is 1. The van der Waals surface area contributed by atoms with Crippen molar-refractivity contribution < 1.29 is 14.3 Å². The van der Waals surface area contributed by atoms with Gasteiger partial charge in [0.15, 0.2) is 0 Å². The van der Waals surface area contributed by atoms with Gasteiger partial charge in [-0.15, -0.1) is 0 Å². The smallest absolute Gasteiger partial charge is 0.322 e. The molecule has 2 N–H and O–H groups in total. The van der Waals surface area contributed by atoms with E-state index < -0.39 is 6.04 Å². The molecule has 0 aliphatic carbocycles. The lowest BCUT2D eigenvalue weighted by molar-refractivity contribution is -0.143. The van der Waals surface area contributed by atoms with Crippen molar-refractivity contribution in [2.45, 2.75) is 26.3 Å². The minimum Gasteiger partial charge on any atom is -0.468 e. The third kappa shape index (κ3) is 6.73. The molecule has 0 spiro atoms. The van der Waals surface area contributed by atoms with Gasteiger partial charge in [0.25, 0.3) is 0 Å². The fourth-order valence-corrected chi connectivity index (χ4v) is 2.26. The summed E-state index contributed by atoms with van der Waals surface area (Å²) >= 11 is 3.34. The summed E-state index contributed by atoms with van der Waals surface area (Å²) in [6, 6.07) is 6.86. The van der Waals surface area contributed by atoms with E-state index in [9.17, 15) is 9.59 Å². The molecule has 0 aliphatic rings. The fourth-order valence-electron chi connectivity index (χ4n) is 1.86. The molecule has 0 heterocycles. The zero-order chi connectivity index (χ0) is 15.8. The number of hydrogen-bond donors (Lipinski definition) is 2. The van der Waals surface area contributed by atoms with Crippen molar-refractivity contribution in [1.29, 1.82) is 0 Å². The first kappa shape index (κ1) is 17.7. The van der Waals surface area contributed by atoms with E-state index in [0.29, 0.717) is 18.0 Å². The zero-order valence-electron chi connectivity index (χ0n) is 12.5. The molecule has 0 bridgehead atoms. The van der Waals surface area contributed by atoms with Crippen molar-refractivity contribution in [1.82, 2.24) is 5.32 Å². The second-order valence-electron chi connectivity index (χ2n) is 5.14. The second-order valence-corrected chi connectivity index (χ2v) is 6.06. The van der Waals surface area contributed by atoms with Crippen LogP contribution in [0.1, 0.15) is 20.3 Å². The number of hydrogen-bond acceptors (Lipinski definition) is 4. The van der Waals surface area contributed by atoms with Crippen LogP contribution in [0.4, 0.5) is 5.69 Å². The highest BCUT2D eigenvalue weighted by Crippen LogP contribution is 2.15. The molecule has 6 heteroatoms. The molecule has 1 atom stereocenters. The van der Waals surface area contributed by atoms with Crippen LogP contribution in [0, 0.1) is 5.92 Å². The van der Waals surface area contributed by atoms with Crippen LogP contribution in [0.2, 0.25) is 0 Å². The highest BCUT2D eigenvalue weighted by atomic mass is 79.9. The summed E-state index contributed by atoms with van der Waals surface area (Å²) in [4.78, 5) is 23.5. The second kappa shape index (κ2) is 8.79. The Kier molecular flexibility index (Phi) is 7.39. The average molecular weight is 357 g/mol. The van der Waals surface area contributed by atoms with Gasteiger partial charge in [0.1, 0.15) is 6.04 Å². The minimum atomic E-state index is -0.469. The van der Waals surface area contributed by atoms with Gasteiger partial charge in [-0.25, -0.2) is 0 Å². The summed E-state index contributed by atoms with van der Waals surface area (Å²) in [5, 5.41) is 5.70. The van der Waals surface area contributed by atoms with E-state index in [0.717, 1.165) is 4.47 Å². The predicted octanol–water partition coefficient (Wildman–Crippen LogP) is 2.56. The first-order valence-corrected chi connectivity index (χ1v) is 7.58. The number of anilines is 1. The van der Waals surface area contributed by atoms with Crippen LogP contribution in [0.15, 0.2) is 28.7 Å². The average Bonchev–Trinajstić information content (AvgIpc) is 2.42. The van der Waals surface area contributed by atoms with E-state index in [4.69, 9.17) is 4.74 Å². The first-order chi connectivity index (χ1) is 9.92. The first-order valence-electron chi connectivity index (χ1n) is 6.79. The van der Waals surface area contributed by atoms with Crippen LogP contribution >= 0.6 is 15.9 Å². The maximum absolute atomic E-state index is 11.9. The van der Waals surface area contributed by atoms with Gasteiger partial charge in [-0.1, -0.05) is 35.8 Å². The van der Waals surface area contributed by atoms with Crippen molar-refractivity contribution in [3.05, 3.63) is 28.7 Å². The van der Waals surface area contributed by atoms with E-state index in [1.54, 1.807) is 6.07 Å². The molecule has 0 saturated heterocycles. The van der Waals surface area contributed by atoms with E-state index in [1.807, 2.05) is 32.0 Å². The van der Waals surface area contributed by atoms with E-state index >= 15 is 0 Å². The van der Waals surface area contributed by atoms with Crippen molar-refractivity contribution in [3.8, 4) is 0 Å². The van der Waals surface area contributed by atoms with Gasteiger partial charge in [-0.2, -0.15) is 0 Å². The number of ether oxygens (including phenoxy) is 1. The number of carbonyl (C=O) groups is 2. The highest BCUT2D eigenvalue weighted by Gasteiger charge is 2.20. The van der Waals surface area contributed by atoms with Gasteiger partial charge in [0.2, 0.25) is 5.91 Å². The highest BCUT2D eigenvalue weighted by molar-refractivity contribution is 9.10. The van der Waals surface area contributed by atoms with Gasteiger partial charge in [0.05, 0.1) is 13.7 Å². The summed E-state index contributed by atoms with van der Waals surface area (Å²) in [6.45, 7) is 4.08. The lowest BCUT2D eigenvalue weighted by Gasteiger charge is -2.18. The number of benzene rings is 1. The van der Waals surface area contributed by atoms with Crippen LogP contribution in [0.3, 0.4) is 0 Å². The molecule has 0 radical (unpaired) electrons. The van der Waals surface area contributed by atoms with Gasteiger partial charge in [-0.3, -0.25) is 14.9 Å². The maximum Gasteiger partial charge on any atom is 0.322 e. The van der Waals surface area contributed by atoms with Gasteiger partial charge in [-0.05, 0) is 30.5 Å². The SMILES string of the molecule is COC(=O)C(CC(C)C)NCC(=O)Nc1cccc(Br)c1. The van der Waals surface area contributed by atoms with Crippen LogP contribution in [0.25, 0.3) is 0 Å². The standard InChI is InChI=1S/C15H21BrN2O3/c1-10(2)7-13(15(20)21-3)17-9-14(19)18-12-6-4-5-11(16)8-12/h4-6,8,10,13,17H,7,9H2,1-3H3,(H,18,19). The Bertz CT molecular complexity index is 492. The molecule has 1 aromatic rings. The Morgan fingerprint density at radius 2 is 2.05 bits per heavy atom. The molecule has 21 heavy (non-hydrogen) atoms. The molecule has 0 saturated carbocycles. The van der Waals surface area contributed by atoms with Crippen molar-refractivity contribution in [2.75, 3.05) is 19.0 Å². The predicted molar refractivity (Wildman–Crippen MR) is 86.0 cm³/mol. The number of methoxy groups -OCH3 is 1. The van der Waals surface area contributed by atoms with Crippen molar-refractivity contribution in [3.63, 3.8) is 0 Å². The molecular weight excluding hydrogens is 336 g/mol. The molecule has 1 rings (SSSR count). The van der Waals surface area contributed by atoms with E-state index in [-0.39, 0.29) is 18.4 Å². The van der Waals surface area contributed by atoms with Crippen LogP contribution in [-0.2, 0) is 14.3 Å². The van der Waals surface area contributed by atoms with Crippen LogP contribution in [-0.4, -0.2) is 31.6 Å². The van der Waals surface area contributed by atoms with Crippen molar-refractivity contribution >= 4 is 33.5 Å². The summed E-state index contributed by atoms with van der Waals surface area (Å²) < 4.78 is 5.63. The quantitative estimate of drug-likeness (QED) is 0.736. The Balaban J connectivity index is 2.51. The van der Waals surface area contributed by atoms with Gasteiger partial charge in [0, 0.05) is 10.2 Å². The van der Waals surface area contributed by atoms with Crippen LogP contribution < -0.4 is 10.6 Å². The van der Waals surface area contributed by atoms with Gasteiger partial charge >= 0.3 is 5.97 Å². The number of esters is 1. The summed E-state index contributed by atoms with van der Waals surface area (Å²) in [5.41, 5.74) is 0.703. The number of carbonyl (C=O) groups excluding carboxylic acids is 2. The normalized spacial score (nSPS) is 12.0. The third-order valence-electron chi connectivity index (χ3n) is 2.81. The lowest BCUT2D eigenvalue weighted by atomic mass is 10.0. The Labute approximate surface area is 133 Å². The molecule has 116 valence electrons. The molecule has 0 aliphatic heterocycles. The monoisotopic (exact) mass is 356 g/mol. The summed E-state index contributed by atoms with van der Waals surface area (Å²) in [7, 11) is 1.35. The third-order valence-corrected chi connectivity index (χ3v) is 3.30. The molecular formula is C15H21BrN2O3. The Morgan fingerprint density at radius 3 is 2.62 bits per heavy atom. The summed E-state index contributed by atoms with van der Waals surface area (Å²) in [5.74, 6) is -0.223. The molecule has 5 nitrogen and oxygen atoms in total.